The number of carboxylic acid groups (broad SMARTS) is 1. The Bertz CT molecular complexity index is 570. The van der Waals surface area contributed by atoms with Crippen LogP contribution in [0.1, 0.15) is 12.5 Å². The number of amides is 1. The molecule has 1 aliphatic rings. The third-order valence-electron chi connectivity index (χ3n) is 3.56. The number of rotatable bonds is 4. The third kappa shape index (κ3) is 3.46. The SMILES string of the molecule is CC1(C(=O)O)COCC1NC(=O)C=Cc1ccc(F)cc1. The number of halogens is 1. The van der Waals surface area contributed by atoms with Crippen molar-refractivity contribution in [2.75, 3.05) is 13.2 Å². The van der Waals surface area contributed by atoms with Gasteiger partial charge in [0.2, 0.25) is 5.91 Å². The number of nitrogens with one attached hydrogen (secondary N) is 1. The van der Waals surface area contributed by atoms with Gasteiger partial charge < -0.3 is 15.2 Å². The summed E-state index contributed by atoms with van der Waals surface area (Å²) < 4.78 is 17.9. The molecule has 0 aliphatic carbocycles. The van der Waals surface area contributed by atoms with Gasteiger partial charge in [-0.25, -0.2) is 4.39 Å². The lowest BCUT2D eigenvalue weighted by Crippen LogP contribution is -2.49. The molecule has 0 radical (unpaired) electrons. The number of hydrogen-bond donors (Lipinski definition) is 2. The van der Waals surface area contributed by atoms with E-state index in [-0.39, 0.29) is 19.0 Å². The molecule has 1 fully saturated rings. The summed E-state index contributed by atoms with van der Waals surface area (Å²) >= 11 is 0. The minimum absolute atomic E-state index is 0.0644. The van der Waals surface area contributed by atoms with Gasteiger partial charge in [-0.3, -0.25) is 9.59 Å². The van der Waals surface area contributed by atoms with E-state index in [2.05, 4.69) is 5.32 Å². The Kier molecular flexibility index (Phi) is 4.37. The van der Waals surface area contributed by atoms with Crippen LogP contribution in [0.5, 0.6) is 0 Å². The van der Waals surface area contributed by atoms with Gasteiger partial charge in [0.1, 0.15) is 11.2 Å². The van der Waals surface area contributed by atoms with E-state index in [1.165, 1.54) is 31.2 Å². The van der Waals surface area contributed by atoms with Gasteiger partial charge in [0.05, 0.1) is 19.3 Å². The van der Waals surface area contributed by atoms with Crippen LogP contribution in [0.3, 0.4) is 0 Å². The maximum absolute atomic E-state index is 12.7. The first kappa shape index (κ1) is 15.2. The Morgan fingerprint density at radius 2 is 2.10 bits per heavy atom. The van der Waals surface area contributed by atoms with Gasteiger partial charge in [-0.05, 0) is 30.7 Å². The quantitative estimate of drug-likeness (QED) is 0.824. The zero-order chi connectivity index (χ0) is 15.5. The fourth-order valence-corrected chi connectivity index (χ4v) is 2.05. The summed E-state index contributed by atoms with van der Waals surface area (Å²) in [6.45, 7) is 1.77. The highest BCUT2D eigenvalue weighted by molar-refractivity contribution is 5.92. The second kappa shape index (κ2) is 6.05. The molecule has 1 aromatic carbocycles. The predicted octanol–water partition coefficient (Wildman–Crippen LogP) is 1.44. The number of ether oxygens (including phenoxy) is 1. The second-order valence-corrected chi connectivity index (χ2v) is 5.18. The van der Waals surface area contributed by atoms with E-state index in [0.29, 0.717) is 5.56 Å². The molecule has 21 heavy (non-hydrogen) atoms. The minimum Gasteiger partial charge on any atom is -0.481 e. The fraction of sp³-hybridized carbons (Fsp3) is 0.333. The molecule has 1 heterocycles. The van der Waals surface area contributed by atoms with Crippen LogP contribution in [0.15, 0.2) is 30.3 Å². The molecule has 0 saturated carbocycles. The van der Waals surface area contributed by atoms with Crippen molar-refractivity contribution in [1.82, 2.24) is 5.32 Å². The van der Waals surface area contributed by atoms with Gasteiger partial charge >= 0.3 is 5.97 Å². The molecule has 2 atom stereocenters. The standard InChI is InChI=1S/C15H16FNO4/c1-15(14(19)20)9-21-8-12(15)17-13(18)7-4-10-2-5-11(16)6-3-10/h2-7,12H,8-9H2,1H3,(H,17,18)(H,19,20). The summed E-state index contributed by atoms with van der Waals surface area (Å²) in [5.74, 6) is -1.77. The monoisotopic (exact) mass is 293 g/mol. The molecule has 1 aliphatic heterocycles. The number of aliphatic carboxylic acids is 1. The maximum Gasteiger partial charge on any atom is 0.313 e. The number of benzene rings is 1. The van der Waals surface area contributed by atoms with E-state index in [4.69, 9.17) is 4.74 Å². The smallest absolute Gasteiger partial charge is 0.313 e. The molecule has 112 valence electrons. The van der Waals surface area contributed by atoms with Crippen molar-refractivity contribution in [1.29, 1.82) is 0 Å². The molecule has 2 N–H and O–H groups in total. The van der Waals surface area contributed by atoms with Crippen molar-refractivity contribution in [3.8, 4) is 0 Å². The van der Waals surface area contributed by atoms with Gasteiger partial charge in [0, 0.05) is 6.08 Å². The number of carbonyl (C=O) groups excluding carboxylic acids is 1. The molecular weight excluding hydrogens is 277 g/mol. The Morgan fingerprint density at radius 3 is 2.71 bits per heavy atom. The van der Waals surface area contributed by atoms with E-state index in [1.54, 1.807) is 12.1 Å². The van der Waals surface area contributed by atoms with Crippen LogP contribution in [0, 0.1) is 11.2 Å². The Labute approximate surface area is 121 Å². The van der Waals surface area contributed by atoms with Crippen molar-refractivity contribution in [2.45, 2.75) is 13.0 Å². The predicted molar refractivity (Wildman–Crippen MR) is 73.9 cm³/mol. The molecule has 0 bridgehead atoms. The molecule has 2 unspecified atom stereocenters. The highest BCUT2D eigenvalue weighted by atomic mass is 19.1. The lowest BCUT2D eigenvalue weighted by Gasteiger charge is -2.24. The molecule has 1 aromatic rings. The van der Waals surface area contributed by atoms with Crippen molar-refractivity contribution in [2.24, 2.45) is 5.41 Å². The first-order valence-electron chi connectivity index (χ1n) is 6.47. The van der Waals surface area contributed by atoms with Gasteiger partial charge in [0.25, 0.3) is 0 Å². The van der Waals surface area contributed by atoms with Gasteiger partial charge in [-0.1, -0.05) is 12.1 Å². The molecule has 5 nitrogen and oxygen atoms in total. The van der Waals surface area contributed by atoms with E-state index in [0.717, 1.165) is 0 Å². The Morgan fingerprint density at radius 1 is 1.43 bits per heavy atom. The van der Waals surface area contributed by atoms with Crippen LogP contribution < -0.4 is 5.32 Å². The molecule has 1 saturated heterocycles. The summed E-state index contributed by atoms with van der Waals surface area (Å²) in [6.07, 6.45) is 2.82. The summed E-state index contributed by atoms with van der Waals surface area (Å²) in [7, 11) is 0. The zero-order valence-corrected chi connectivity index (χ0v) is 11.5. The molecule has 0 spiro atoms. The van der Waals surface area contributed by atoms with Crippen LogP contribution in [0.2, 0.25) is 0 Å². The van der Waals surface area contributed by atoms with E-state index in [1.807, 2.05) is 0 Å². The maximum atomic E-state index is 12.7. The van der Waals surface area contributed by atoms with Crippen molar-refractivity contribution in [3.63, 3.8) is 0 Å². The average Bonchev–Trinajstić information content (AvgIpc) is 2.81. The van der Waals surface area contributed by atoms with Crippen LogP contribution in [0.4, 0.5) is 4.39 Å². The molecule has 6 heteroatoms. The van der Waals surface area contributed by atoms with Crippen molar-refractivity contribution < 1.29 is 23.8 Å². The van der Waals surface area contributed by atoms with E-state index < -0.39 is 23.3 Å². The van der Waals surface area contributed by atoms with Crippen LogP contribution in [-0.4, -0.2) is 36.2 Å². The summed E-state index contributed by atoms with van der Waals surface area (Å²) in [5, 5.41) is 11.8. The van der Waals surface area contributed by atoms with E-state index >= 15 is 0 Å². The minimum atomic E-state index is -1.13. The molecule has 2 rings (SSSR count). The first-order chi connectivity index (χ1) is 9.91. The highest BCUT2D eigenvalue weighted by Crippen LogP contribution is 2.28. The van der Waals surface area contributed by atoms with Crippen molar-refractivity contribution >= 4 is 18.0 Å². The second-order valence-electron chi connectivity index (χ2n) is 5.18. The third-order valence-corrected chi connectivity index (χ3v) is 3.56. The molecule has 0 aromatic heterocycles. The number of carboxylic acids is 1. The average molecular weight is 293 g/mol. The Balaban J connectivity index is 1.98. The van der Waals surface area contributed by atoms with Crippen LogP contribution >= 0.6 is 0 Å². The zero-order valence-electron chi connectivity index (χ0n) is 11.5. The normalized spacial score (nSPS) is 25.1. The summed E-state index contributed by atoms with van der Waals surface area (Å²) in [4.78, 5) is 23.1. The fourth-order valence-electron chi connectivity index (χ4n) is 2.05. The number of hydrogen-bond acceptors (Lipinski definition) is 3. The number of carbonyl (C=O) groups is 2. The van der Waals surface area contributed by atoms with Crippen molar-refractivity contribution in [3.05, 3.63) is 41.7 Å². The molecule has 1 amide bonds. The lowest BCUT2D eigenvalue weighted by atomic mass is 9.85. The van der Waals surface area contributed by atoms with Crippen LogP contribution in [-0.2, 0) is 14.3 Å². The van der Waals surface area contributed by atoms with Gasteiger partial charge in [-0.2, -0.15) is 0 Å². The van der Waals surface area contributed by atoms with Gasteiger partial charge in [-0.15, -0.1) is 0 Å². The molecular formula is C15H16FNO4. The highest BCUT2D eigenvalue weighted by Gasteiger charge is 2.47. The lowest BCUT2D eigenvalue weighted by molar-refractivity contribution is -0.148. The Hall–Kier alpha value is -2.21. The van der Waals surface area contributed by atoms with Crippen LogP contribution in [0.25, 0.3) is 6.08 Å². The largest absolute Gasteiger partial charge is 0.481 e. The van der Waals surface area contributed by atoms with Gasteiger partial charge in [0.15, 0.2) is 0 Å². The van der Waals surface area contributed by atoms with E-state index in [9.17, 15) is 19.1 Å². The first-order valence-corrected chi connectivity index (χ1v) is 6.47. The summed E-state index contributed by atoms with van der Waals surface area (Å²) in [6, 6.07) is 5.09. The topological polar surface area (TPSA) is 75.6 Å². The summed E-state index contributed by atoms with van der Waals surface area (Å²) in [5.41, 5.74) is -0.449.